The molecule has 5 nitrogen and oxygen atoms in total. The van der Waals surface area contributed by atoms with E-state index in [1.165, 1.54) is 10.8 Å². The second-order valence-electron chi connectivity index (χ2n) is 2.89. The summed E-state index contributed by atoms with van der Waals surface area (Å²) in [5, 5.41) is 0. The minimum Gasteiger partial charge on any atom is -0.397 e. The van der Waals surface area contributed by atoms with Crippen LogP contribution in [0.2, 0.25) is 0 Å². The highest BCUT2D eigenvalue weighted by Crippen LogP contribution is 2.27. The number of benzene rings is 1. The van der Waals surface area contributed by atoms with Gasteiger partial charge in [-0.25, -0.2) is 0 Å². The van der Waals surface area contributed by atoms with E-state index in [1.807, 2.05) is 0 Å². The maximum Gasteiger partial charge on any atom is 0.516 e. The van der Waals surface area contributed by atoms with Crippen molar-refractivity contribution in [3.8, 4) is 0 Å². The quantitative estimate of drug-likeness (QED) is 0.689. The highest BCUT2D eigenvalue weighted by Gasteiger charge is 2.46. The van der Waals surface area contributed by atoms with Gasteiger partial charge >= 0.3 is 15.5 Å². The number of anilines is 3. The molecule has 0 saturated carbocycles. The Morgan fingerprint density at radius 3 is 2.12 bits per heavy atom. The standard InChI is InChI=1S/C7H8F3N3O2S/c8-7(9,10)16(14,15)13-4-1-2-5(11)6(12)3-4/h1-3,13H,11-12H2. The van der Waals surface area contributed by atoms with Gasteiger partial charge in [-0.3, -0.25) is 4.72 Å². The Labute approximate surface area is 89.3 Å². The molecule has 0 heterocycles. The summed E-state index contributed by atoms with van der Waals surface area (Å²) >= 11 is 0. The SMILES string of the molecule is Nc1ccc(NS(=O)(=O)C(F)(F)F)cc1N. The van der Waals surface area contributed by atoms with Crippen molar-refractivity contribution >= 4 is 27.1 Å². The number of sulfonamides is 1. The van der Waals surface area contributed by atoms with Gasteiger partial charge in [0.1, 0.15) is 0 Å². The van der Waals surface area contributed by atoms with Crippen molar-refractivity contribution in [2.45, 2.75) is 5.51 Å². The first kappa shape index (κ1) is 12.4. The molecular formula is C7H8F3N3O2S. The molecule has 0 aliphatic rings. The molecule has 9 heteroatoms. The molecule has 1 rings (SSSR count). The average molecular weight is 255 g/mol. The zero-order valence-electron chi connectivity index (χ0n) is 7.75. The molecule has 5 N–H and O–H groups in total. The summed E-state index contributed by atoms with van der Waals surface area (Å²) in [5.41, 5.74) is 5.08. The van der Waals surface area contributed by atoms with Gasteiger partial charge in [0.05, 0.1) is 17.1 Å². The van der Waals surface area contributed by atoms with Gasteiger partial charge in [0.15, 0.2) is 0 Å². The van der Waals surface area contributed by atoms with Gasteiger partial charge in [0, 0.05) is 0 Å². The molecule has 16 heavy (non-hydrogen) atoms. The summed E-state index contributed by atoms with van der Waals surface area (Å²) < 4.78 is 58.7. The van der Waals surface area contributed by atoms with Gasteiger partial charge in [-0.05, 0) is 18.2 Å². The van der Waals surface area contributed by atoms with Crippen LogP contribution in [0.15, 0.2) is 18.2 Å². The third-order valence-electron chi connectivity index (χ3n) is 1.64. The van der Waals surface area contributed by atoms with E-state index >= 15 is 0 Å². The van der Waals surface area contributed by atoms with Gasteiger partial charge in [0.2, 0.25) is 0 Å². The fourth-order valence-corrected chi connectivity index (χ4v) is 1.40. The first-order chi connectivity index (χ1) is 7.13. The van der Waals surface area contributed by atoms with Crippen LogP contribution in [-0.4, -0.2) is 13.9 Å². The van der Waals surface area contributed by atoms with Crippen LogP contribution in [0, 0.1) is 0 Å². The lowest BCUT2D eigenvalue weighted by Gasteiger charge is -2.11. The summed E-state index contributed by atoms with van der Waals surface area (Å²) in [7, 11) is -5.43. The number of nitrogens with one attached hydrogen (secondary N) is 1. The van der Waals surface area contributed by atoms with E-state index in [0.29, 0.717) is 0 Å². The van der Waals surface area contributed by atoms with Crippen LogP contribution in [0.1, 0.15) is 0 Å². The maximum absolute atomic E-state index is 12.0. The van der Waals surface area contributed by atoms with Crippen LogP contribution >= 0.6 is 0 Å². The molecule has 0 radical (unpaired) electrons. The molecule has 0 atom stereocenters. The lowest BCUT2D eigenvalue weighted by molar-refractivity contribution is -0.0429. The summed E-state index contributed by atoms with van der Waals surface area (Å²) in [5.74, 6) is 0. The summed E-state index contributed by atoms with van der Waals surface area (Å²) in [6.07, 6.45) is 0. The molecule has 0 unspecified atom stereocenters. The van der Waals surface area contributed by atoms with E-state index in [2.05, 4.69) is 0 Å². The molecule has 0 fully saturated rings. The number of alkyl halides is 3. The summed E-state index contributed by atoms with van der Waals surface area (Å²) in [4.78, 5) is 0. The predicted molar refractivity (Wildman–Crippen MR) is 53.9 cm³/mol. The first-order valence-electron chi connectivity index (χ1n) is 3.87. The number of rotatable bonds is 2. The lowest BCUT2D eigenvalue weighted by Crippen LogP contribution is -2.29. The van der Waals surface area contributed by atoms with Crippen LogP contribution in [0.4, 0.5) is 30.2 Å². The molecule has 0 aliphatic carbocycles. The van der Waals surface area contributed by atoms with Crippen LogP contribution < -0.4 is 16.2 Å². The predicted octanol–water partition coefficient (Wildman–Crippen LogP) is 1.11. The molecule has 0 aromatic heterocycles. The van der Waals surface area contributed by atoms with Gasteiger partial charge < -0.3 is 11.5 Å². The van der Waals surface area contributed by atoms with E-state index in [4.69, 9.17) is 11.5 Å². The topological polar surface area (TPSA) is 98.2 Å². The average Bonchev–Trinajstić information content (AvgIpc) is 2.09. The molecule has 0 spiro atoms. The van der Waals surface area contributed by atoms with Gasteiger partial charge in [-0.15, -0.1) is 0 Å². The van der Waals surface area contributed by atoms with Crippen molar-refractivity contribution in [3.05, 3.63) is 18.2 Å². The Morgan fingerprint density at radius 1 is 1.12 bits per heavy atom. The largest absolute Gasteiger partial charge is 0.516 e. The third kappa shape index (κ3) is 2.48. The van der Waals surface area contributed by atoms with Crippen molar-refractivity contribution in [2.75, 3.05) is 16.2 Å². The third-order valence-corrected chi connectivity index (χ3v) is 2.76. The molecule has 90 valence electrons. The smallest absolute Gasteiger partial charge is 0.397 e. The second-order valence-corrected chi connectivity index (χ2v) is 4.57. The summed E-state index contributed by atoms with van der Waals surface area (Å²) in [6, 6.07) is 3.27. The first-order valence-corrected chi connectivity index (χ1v) is 5.36. The molecule has 0 saturated heterocycles. The van der Waals surface area contributed by atoms with Crippen molar-refractivity contribution in [1.82, 2.24) is 0 Å². The van der Waals surface area contributed by atoms with Crippen molar-refractivity contribution in [3.63, 3.8) is 0 Å². The maximum atomic E-state index is 12.0. The molecule has 1 aromatic rings. The molecule has 0 bridgehead atoms. The van der Waals surface area contributed by atoms with E-state index in [1.54, 1.807) is 0 Å². The van der Waals surface area contributed by atoms with Gasteiger partial charge in [0.25, 0.3) is 0 Å². The normalized spacial score (nSPS) is 12.4. The lowest BCUT2D eigenvalue weighted by atomic mass is 10.2. The number of nitrogens with two attached hydrogens (primary N) is 2. The number of hydrogen-bond acceptors (Lipinski definition) is 4. The van der Waals surface area contributed by atoms with E-state index in [-0.39, 0.29) is 17.1 Å². The Hall–Kier alpha value is -1.64. The zero-order chi connectivity index (χ0) is 12.6. The van der Waals surface area contributed by atoms with E-state index in [0.717, 1.165) is 12.1 Å². The van der Waals surface area contributed by atoms with E-state index < -0.39 is 15.5 Å². The number of nitrogen functional groups attached to an aromatic ring is 2. The fourth-order valence-electron chi connectivity index (χ4n) is 0.851. The Morgan fingerprint density at radius 2 is 1.69 bits per heavy atom. The number of hydrogen-bond donors (Lipinski definition) is 3. The van der Waals surface area contributed by atoms with Crippen molar-refractivity contribution < 1.29 is 21.6 Å². The molecule has 0 aliphatic heterocycles. The molecule has 1 aromatic carbocycles. The number of halogens is 3. The monoisotopic (exact) mass is 255 g/mol. The summed E-state index contributed by atoms with van der Waals surface area (Å²) in [6.45, 7) is 0. The highest BCUT2D eigenvalue weighted by atomic mass is 32.2. The van der Waals surface area contributed by atoms with Crippen molar-refractivity contribution in [2.24, 2.45) is 0 Å². The Balaban J connectivity index is 3.03. The Kier molecular flexibility index (Phi) is 2.91. The Bertz CT molecular complexity index is 498. The van der Waals surface area contributed by atoms with Gasteiger partial charge in [-0.2, -0.15) is 21.6 Å². The van der Waals surface area contributed by atoms with Crippen LogP contribution in [0.25, 0.3) is 0 Å². The second kappa shape index (κ2) is 3.74. The van der Waals surface area contributed by atoms with E-state index in [9.17, 15) is 21.6 Å². The minimum atomic E-state index is -5.43. The van der Waals surface area contributed by atoms with Crippen LogP contribution in [0.5, 0.6) is 0 Å². The molecule has 0 amide bonds. The van der Waals surface area contributed by atoms with Crippen molar-refractivity contribution in [1.29, 1.82) is 0 Å². The van der Waals surface area contributed by atoms with Crippen LogP contribution in [-0.2, 0) is 10.0 Å². The minimum absolute atomic E-state index is 0.0117. The molecular weight excluding hydrogens is 247 g/mol. The van der Waals surface area contributed by atoms with Gasteiger partial charge in [-0.1, -0.05) is 0 Å². The zero-order valence-corrected chi connectivity index (χ0v) is 8.56. The fraction of sp³-hybridized carbons (Fsp3) is 0.143. The van der Waals surface area contributed by atoms with Crippen LogP contribution in [0.3, 0.4) is 0 Å². The highest BCUT2D eigenvalue weighted by molar-refractivity contribution is 7.93.